The third-order valence-corrected chi connectivity index (χ3v) is 2.97. The molecule has 1 N–H and O–H groups in total. The molecule has 3 heteroatoms. The number of hydrogen-bond donors (Lipinski definition) is 1. The minimum Gasteiger partial charge on any atom is -0.383 e. The first-order valence-electron chi connectivity index (χ1n) is 6.13. The highest BCUT2D eigenvalue weighted by Crippen LogP contribution is 2.21. The van der Waals surface area contributed by atoms with Crippen molar-refractivity contribution in [3.05, 3.63) is 36.0 Å². The summed E-state index contributed by atoms with van der Waals surface area (Å²) in [5.74, 6) is 0. The van der Waals surface area contributed by atoms with E-state index in [9.17, 15) is 0 Å². The third-order valence-electron chi connectivity index (χ3n) is 2.97. The van der Waals surface area contributed by atoms with Gasteiger partial charge in [-0.15, -0.1) is 0 Å². The van der Waals surface area contributed by atoms with Crippen molar-refractivity contribution >= 4 is 10.9 Å². The van der Waals surface area contributed by atoms with Crippen molar-refractivity contribution in [2.45, 2.75) is 20.0 Å². The number of fused-ring (bicyclic) bond motifs is 1. The first-order valence-corrected chi connectivity index (χ1v) is 6.13. The Kier molecular flexibility index (Phi) is 4.18. The van der Waals surface area contributed by atoms with Gasteiger partial charge in [-0.1, -0.05) is 25.1 Å². The van der Waals surface area contributed by atoms with Gasteiger partial charge in [-0.3, -0.25) is 0 Å². The number of nitrogens with one attached hydrogen (secondary N) is 1. The number of methoxy groups -OCH3 is 1. The van der Waals surface area contributed by atoms with Gasteiger partial charge in [0.2, 0.25) is 0 Å². The van der Waals surface area contributed by atoms with E-state index in [0.717, 1.165) is 26.2 Å². The van der Waals surface area contributed by atoms with E-state index in [1.807, 2.05) is 0 Å². The maximum absolute atomic E-state index is 5.15. The van der Waals surface area contributed by atoms with Crippen molar-refractivity contribution < 1.29 is 4.74 Å². The first-order chi connectivity index (χ1) is 8.36. The van der Waals surface area contributed by atoms with Gasteiger partial charge in [-0.2, -0.15) is 0 Å². The molecule has 1 aromatic heterocycles. The van der Waals surface area contributed by atoms with Crippen LogP contribution in [0.4, 0.5) is 0 Å². The van der Waals surface area contributed by atoms with Crippen LogP contribution in [0.3, 0.4) is 0 Å². The Morgan fingerprint density at radius 3 is 2.88 bits per heavy atom. The van der Waals surface area contributed by atoms with E-state index in [1.165, 1.54) is 16.5 Å². The average Bonchev–Trinajstić information content (AvgIpc) is 2.72. The molecule has 2 aromatic rings. The molecule has 0 aliphatic rings. The van der Waals surface area contributed by atoms with Crippen molar-refractivity contribution in [1.29, 1.82) is 0 Å². The summed E-state index contributed by atoms with van der Waals surface area (Å²) in [7, 11) is 1.74. The molecule has 0 spiro atoms. The molecule has 2 rings (SSSR count). The van der Waals surface area contributed by atoms with Crippen LogP contribution in [0.25, 0.3) is 10.9 Å². The molecule has 0 amide bonds. The smallest absolute Gasteiger partial charge is 0.0641 e. The Balaban J connectivity index is 2.32. The van der Waals surface area contributed by atoms with Gasteiger partial charge >= 0.3 is 0 Å². The number of nitrogens with zero attached hydrogens (tertiary/aromatic N) is 1. The van der Waals surface area contributed by atoms with Gasteiger partial charge in [0.1, 0.15) is 0 Å². The fraction of sp³-hybridized carbons (Fsp3) is 0.429. The van der Waals surface area contributed by atoms with Crippen LogP contribution < -0.4 is 5.32 Å². The molecule has 0 radical (unpaired) electrons. The van der Waals surface area contributed by atoms with Gasteiger partial charge < -0.3 is 14.6 Å². The van der Waals surface area contributed by atoms with E-state index in [4.69, 9.17) is 4.74 Å². The zero-order valence-corrected chi connectivity index (χ0v) is 10.6. The van der Waals surface area contributed by atoms with Crippen LogP contribution in [0.5, 0.6) is 0 Å². The first kappa shape index (κ1) is 12.1. The van der Waals surface area contributed by atoms with Gasteiger partial charge in [0, 0.05) is 37.3 Å². The summed E-state index contributed by atoms with van der Waals surface area (Å²) in [6.45, 7) is 5.71. The monoisotopic (exact) mass is 232 g/mol. The van der Waals surface area contributed by atoms with Crippen molar-refractivity contribution in [3.8, 4) is 0 Å². The van der Waals surface area contributed by atoms with E-state index in [2.05, 4.69) is 47.3 Å². The minimum absolute atomic E-state index is 0.749. The Morgan fingerprint density at radius 1 is 1.29 bits per heavy atom. The molecule has 0 fully saturated rings. The number of aromatic nitrogens is 1. The molecule has 1 heterocycles. The lowest BCUT2D eigenvalue weighted by Crippen LogP contribution is -2.11. The van der Waals surface area contributed by atoms with Crippen LogP contribution in [0, 0.1) is 0 Å². The second-order valence-corrected chi connectivity index (χ2v) is 4.14. The zero-order chi connectivity index (χ0) is 12.1. The molecule has 0 aliphatic heterocycles. The number of benzene rings is 1. The van der Waals surface area contributed by atoms with Crippen LogP contribution in [0.1, 0.15) is 12.5 Å². The lowest BCUT2D eigenvalue weighted by molar-refractivity contribution is 0.188. The second-order valence-electron chi connectivity index (χ2n) is 4.14. The summed E-state index contributed by atoms with van der Waals surface area (Å²) in [4.78, 5) is 0. The Bertz CT molecular complexity index is 434. The fourth-order valence-corrected chi connectivity index (χ4v) is 2.10. The predicted octanol–water partition coefficient (Wildman–Crippen LogP) is 2.40. The Labute approximate surface area is 102 Å². The number of rotatable bonds is 6. The van der Waals surface area contributed by atoms with E-state index in [0.29, 0.717) is 0 Å². The van der Waals surface area contributed by atoms with Crippen molar-refractivity contribution in [2.75, 3.05) is 20.3 Å². The Morgan fingerprint density at radius 2 is 2.12 bits per heavy atom. The zero-order valence-electron chi connectivity index (χ0n) is 10.6. The van der Waals surface area contributed by atoms with Gasteiger partial charge in [0.05, 0.1) is 6.61 Å². The highest BCUT2D eigenvalue weighted by molar-refractivity contribution is 5.83. The normalized spacial score (nSPS) is 11.2. The third kappa shape index (κ3) is 2.68. The lowest BCUT2D eigenvalue weighted by atomic mass is 10.2. The molecule has 1 aromatic carbocycles. The largest absolute Gasteiger partial charge is 0.383 e. The standard InChI is InChI=1S/C14H20N2O/c1-3-15-10-12-11-16(8-9-17-2)14-7-5-4-6-13(12)14/h4-7,11,15H,3,8-10H2,1-2H3. The van der Waals surface area contributed by atoms with Gasteiger partial charge in [0.25, 0.3) is 0 Å². The molecular formula is C14H20N2O. The van der Waals surface area contributed by atoms with Gasteiger partial charge in [-0.05, 0) is 18.2 Å². The van der Waals surface area contributed by atoms with Gasteiger partial charge in [-0.25, -0.2) is 0 Å². The highest BCUT2D eigenvalue weighted by Gasteiger charge is 2.06. The molecule has 0 aliphatic carbocycles. The van der Waals surface area contributed by atoms with Crippen LogP contribution in [-0.4, -0.2) is 24.8 Å². The molecule has 92 valence electrons. The fourth-order valence-electron chi connectivity index (χ4n) is 2.10. The number of hydrogen-bond acceptors (Lipinski definition) is 2. The molecule has 0 saturated heterocycles. The lowest BCUT2D eigenvalue weighted by Gasteiger charge is -2.03. The Hall–Kier alpha value is -1.32. The summed E-state index contributed by atoms with van der Waals surface area (Å²) in [5.41, 5.74) is 2.65. The van der Waals surface area contributed by atoms with Crippen molar-refractivity contribution in [1.82, 2.24) is 9.88 Å². The molecule has 0 saturated carbocycles. The number of ether oxygens (including phenoxy) is 1. The second kappa shape index (κ2) is 5.84. The molecule has 17 heavy (non-hydrogen) atoms. The topological polar surface area (TPSA) is 26.2 Å². The van der Waals surface area contributed by atoms with Crippen molar-refractivity contribution in [2.24, 2.45) is 0 Å². The summed E-state index contributed by atoms with van der Waals surface area (Å²) >= 11 is 0. The maximum atomic E-state index is 5.15. The molecule has 0 bridgehead atoms. The van der Waals surface area contributed by atoms with Gasteiger partial charge in [0.15, 0.2) is 0 Å². The van der Waals surface area contributed by atoms with Crippen LogP contribution >= 0.6 is 0 Å². The predicted molar refractivity (Wildman–Crippen MR) is 71.2 cm³/mol. The molecular weight excluding hydrogens is 212 g/mol. The van der Waals surface area contributed by atoms with E-state index >= 15 is 0 Å². The summed E-state index contributed by atoms with van der Waals surface area (Å²) in [5, 5.41) is 4.72. The summed E-state index contributed by atoms with van der Waals surface area (Å²) < 4.78 is 7.42. The summed E-state index contributed by atoms with van der Waals surface area (Å²) in [6, 6.07) is 8.53. The quantitative estimate of drug-likeness (QED) is 0.827. The number of para-hydroxylation sites is 1. The highest BCUT2D eigenvalue weighted by atomic mass is 16.5. The SMILES string of the molecule is CCNCc1cn(CCOC)c2ccccc12. The van der Waals surface area contributed by atoms with Crippen LogP contribution in [0.15, 0.2) is 30.5 Å². The maximum Gasteiger partial charge on any atom is 0.0641 e. The van der Waals surface area contributed by atoms with E-state index in [1.54, 1.807) is 7.11 Å². The molecule has 0 unspecified atom stereocenters. The molecule has 0 atom stereocenters. The van der Waals surface area contributed by atoms with E-state index < -0.39 is 0 Å². The average molecular weight is 232 g/mol. The van der Waals surface area contributed by atoms with Crippen molar-refractivity contribution in [3.63, 3.8) is 0 Å². The molecule has 3 nitrogen and oxygen atoms in total. The van der Waals surface area contributed by atoms with Crippen LogP contribution in [-0.2, 0) is 17.8 Å². The van der Waals surface area contributed by atoms with E-state index in [-0.39, 0.29) is 0 Å². The summed E-state index contributed by atoms with van der Waals surface area (Å²) in [6.07, 6.45) is 2.23. The van der Waals surface area contributed by atoms with Crippen LogP contribution in [0.2, 0.25) is 0 Å². The minimum atomic E-state index is 0.749.